The average Bonchev–Trinajstić information content (AvgIpc) is 2.09. The van der Waals surface area contributed by atoms with Gasteiger partial charge in [-0.3, -0.25) is 4.90 Å². The Morgan fingerprint density at radius 1 is 1.12 bits per heavy atom. The van der Waals surface area contributed by atoms with Crippen molar-refractivity contribution < 1.29 is 9.53 Å². The summed E-state index contributed by atoms with van der Waals surface area (Å²) in [6.45, 7) is 5.80. The maximum absolute atomic E-state index is 12.3. The zero-order valence-electron chi connectivity index (χ0n) is 10.9. The van der Waals surface area contributed by atoms with Gasteiger partial charge in [-0.05, 0) is 46.5 Å². The Morgan fingerprint density at radius 3 is 2.00 bits per heavy atom. The Bertz CT molecular complexity index is 319. The van der Waals surface area contributed by atoms with Gasteiger partial charge in [-0.15, -0.1) is 0 Å². The van der Waals surface area contributed by atoms with Crippen molar-refractivity contribution in [2.45, 2.75) is 76.2 Å². The Balaban J connectivity index is 1.73. The summed E-state index contributed by atoms with van der Waals surface area (Å²) in [7, 11) is 0. The van der Waals surface area contributed by atoms with E-state index in [1.165, 1.54) is 12.8 Å². The summed E-state index contributed by atoms with van der Waals surface area (Å²) in [6.07, 6.45) is 4.55. The van der Waals surface area contributed by atoms with Crippen LogP contribution in [0.3, 0.4) is 0 Å². The monoisotopic (exact) mass is 238 g/mol. The third-order valence-corrected chi connectivity index (χ3v) is 4.22. The first-order chi connectivity index (χ1) is 7.96. The molecule has 0 radical (unpaired) electrons. The minimum absolute atomic E-state index is 0.108. The standard InChI is InChI=1S/C13H22N2O2/c1-13(2,3)17-12(16)15-10-6-4-8(10)14-9-5-7-11(9)15/h8-11,14H,4-7H2,1-3H3/t8-,9-,10+,11+/m1/s1. The highest BCUT2D eigenvalue weighted by atomic mass is 16.6. The summed E-state index contributed by atoms with van der Waals surface area (Å²) in [6, 6.07) is 1.80. The lowest BCUT2D eigenvalue weighted by atomic mass is 9.73. The number of nitrogens with zero attached hydrogens (tertiary/aromatic N) is 1. The van der Waals surface area contributed by atoms with Crippen LogP contribution in [0.4, 0.5) is 4.79 Å². The zero-order valence-corrected chi connectivity index (χ0v) is 10.9. The molecule has 1 saturated heterocycles. The topological polar surface area (TPSA) is 41.6 Å². The molecule has 4 heteroatoms. The Kier molecular flexibility index (Phi) is 2.41. The molecule has 0 spiro atoms. The maximum Gasteiger partial charge on any atom is 0.410 e. The molecule has 0 aromatic heterocycles. The van der Waals surface area contributed by atoms with Crippen LogP contribution in [0.25, 0.3) is 0 Å². The van der Waals surface area contributed by atoms with E-state index in [9.17, 15) is 4.79 Å². The molecule has 3 aliphatic rings. The van der Waals surface area contributed by atoms with E-state index < -0.39 is 0 Å². The van der Waals surface area contributed by atoms with Crippen molar-refractivity contribution in [1.29, 1.82) is 0 Å². The molecule has 1 aliphatic heterocycles. The van der Waals surface area contributed by atoms with Crippen molar-refractivity contribution >= 4 is 6.09 Å². The smallest absolute Gasteiger partial charge is 0.410 e. The molecule has 4 nitrogen and oxygen atoms in total. The van der Waals surface area contributed by atoms with Crippen LogP contribution in [0.5, 0.6) is 0 Å². The minimum Gasteiger partial charge on any atom is -0.444 e. The summed E-state index contributed by atoms with van der Waals surface area (Å²) in [5, 5.41) is 3.65. The van der Waals surface area contributed by atoms with Gasteiger partial charge in [-0.2, -0.15) is 0 Å². The van der Waals surface area contributed by atoms with Gasteiger partial charge >= 0.3 is 6.09 Å². The third-order valence-electron chi connectivity index (χ3n) is 4.22. The van der Waals surface area contributed by atoms with Gasteiger partial charge in [-0.1, -0.05) is 0 Å². The van der Waals surface area contributed by atoms with E-state index in [4.69, 9.17) is 4.74 Å². The number of ether oxygens (including phenoxy) is 1. The summed E-state index contributed by atoms with van der Waals surface area (Å²) >= 11 is 0. The Labute approximate surface area is 103 Å². The van der Waals surface area contributed by atoms with Crippen molar-refractivity contribution in [3.63, 3.8) is 0 Å². The first-order valence-corrected chi connectivity index (χ1v) is 6.73. The van der Waals surface area contributed by atoms with E-state index in [1.807, 2.05) is 25.7 Å². The minimum atomic E-state index is -0.388. The highest BCUT2D eigenvalue weighted by Crippen LogP contribution is 2.40. The van der Waals surface area contributed by atoms with Crippen LogP contribution in [-0.2, 0) is 4.74 Å². The van der Waals surface area contributed by atoms with E-state index in [2.05, 4.69) is 5.32 Å². The van der Waals surface area contributed by atoms with Crippen LogP contribution in [0.1, 0.15) is 46.5 Å². The Morgan fingerprint density at radius 2 is 1.65 bits per heavy atom. The molecule has 1 N–H and O–H groups in total. The summed E-state index contributed by atoms with van der Waals surface area (Å²) < 4.78 is 5.54. The van der Waals surface area contributed by atoms with Crippen molar-refractivity contribution in [2.24, 2.45) is 0 Å². The molecule has 3 fully saturated rings. The molecule has 1 amide bonds. The fraction of sp³-hybridized carbons (Fsp3) is 0.923. The normalized spacial score (nSPS) is 39.6. The van der Waals surface area contributed by atoms with Gasteiger partial charge in [0.25, 0.3) is 0 Å². The van der Waals surface area contributed by atoms with Crippen LogP contribution < -0.4 is 5.32 Å². The zero-order chi connectivity index (χ0) is 12.2. The number of amides is 1. The van der Waals surface area contributed by atoms with Gasteiger partial charge in [0.2, 0.25) is 0 Å². The molecule has 96 valence electrons. The quantitative estimate of drug-likeness (QED) is 0.700. The molecular formula is C13H22N2O2. The van der Waals surface area contributed by atoms with E-state index in [-0.39, 0.29) is 11.7 Å². The van der Waals surface area contributed by atoms with Crippen molar-refractivity contribution in [3.8, 4) is 0 Å². The van der Waals surface area contributed by atoms with Crippen molar-refractivity contribution in [1.82, 2.24) is 10.2 Å². The molecule has 0 unspecified atom stereocenters. The van der Waals surface area contributed by atoms with Crippen LogP contribution in [0.15, 0.2) is 0 Å². The van der Waals surface area contributed by atoms with Crippen LogP contribution in [0, 0.1) is 0 Å². The van der Waals surface area contributed by atoms with Crippen LogP contribution >= 0.6 is 0 Å². The number of hydrogen-bond acceptors (Lipinski definition) is 3. The second-order valence-corrected chi connectivity index (χ2v) is 6.56. The first kappa shape index (κ1) is 11.3. The lowest BCUT2D eigenvalue weighted by Crippen LogP contribution is -2.75. The number of carbonyl (C=O) groups is 1. The van der Waals surface area contributed by atoms with Gasteiger partial charge in [0, 0.05) is 12.1 Å². The lowest BCUT2D eigenvalue weighted by molar-refractivity contribution is -0.0680. The molecule has 0 aromatic carbocycles. The van der Waals surface area contributed by atoms with Gasteiger partial charge in [0.1, 0.15) is 5.60 Å². The molecule has 2 saturated carbocycles. The number of hydrogen-bond donors (Lipinski definition) is 1. The second-order valence-electron chi connectivity index (χ2n) is 6.56. The number of rotatable bonds is 0. The fourth-order valence-electron chi connectivity index (χ4n) is 3.13. The second kappa shape index (κ2) is 3.61. The lowest BCUT2D eigenvalue weighted by Gasteiger charge is -2.59. The highest BCUT2D eigenvalue weighted by molar-refractivity contribution is 5.70. The number of carbonyl (C=O) groups excluding carboxylic acids is 1. The summed E-state index contributed by atoms with van der Waals surface area (Å²) in [5.74, 6) is 0. The molecule has 1 heterocycles. The van der Waals surface area contributed by atoms with E-state index in [0.717, 1.165) is 12.8 Å². The largest absolute Gasteiger partial charge is 0.444 e. The molecule has 0 aromatic rings. The van der Waals surface area contributed by atoms with Crippen LogP contribution in [-0.4, -0.2) is 40.8 Å². The van der Waals surface area contributed by atoms with Gasteiger partial charge < -0.3 is 10.1 Å². The molecule has 4 atom stereocenters. The van der Waals surface area contributed by atoms with Crippen molar-refractivity contribution in [3.05, 3.63) is 0 Å². The van der Waals surface area contributed by atoms with Crippen molar-refractivity contribution in [2.75, 3.05) is 0 Å². The molecule has 3 rings (SSSR count). The number of fused-ring (bicyclic) bond motifs is 2. The molecule has 2 aliphatic carbocycles. The molecular weight excluding hydrogens is 216 g/mol. The predicted molar refractivity (Wildman–Crippen MR) is 64.8 cm³/mol. The van der Waals surface area contributed by atoms with E-state index in [1.54, 1.807) is 0 Å². The van der Waals surface area contributed by atoms with E-state index >= 15 is 0 Å². The average molecular weight is 238 g/mol. The van der Waals surface area contributed by atoms with Crippen LogP contribution in [0.2, 0.25) is 0 Å². The van der Waals surface area contributed by atoms with E-state index in [0.29, 0.717) is 24.2 Å². The van der Waals surface area contributed by atoms with Gasteiger partial charge in [0.05, 0.1) is 12.1 Å². The van der Waals surface area contributed by atoms with Gasteiger partial charge in [-0.25, -0.2) is 4.79 Å². The highest BCUT2D eigenvalue weighted by Gasteiger charge is 2.53. The van der Waals surface area contributed by atoms with Gasteiger partial charge in [0.15, 0.2) is 0 Å². The Hall–Kier alpha value is -0.770. The predicted octanol–water partition coefficient (Wildman–Crippen LogP) is 1.89. The number of piperazine rings is 1. The molecule has 17 heavy (non-hydrogen) atoms. The first-order valence-electron chi connectivity index (χ1n) is 6.73. The third kappa shape index (κ3) is 1.82. The summed E-state index contributed by atoms with van der Waals surface area (Å²) in [5.41, 5.74) is -0.388. The molecule has 0 bridgehead atoms. The number of nitrogens with one attached hydrogen (secondary N) is 1. The summed E-state index contributed by atoms with van der Waals surface area (Å²) in [4.78, 5) is 14.3. The SMILES string of the molecule is CC(C)(C)OC(=O)N1[C@H]2CC[C@H]2N[C@@H]2CC[C@@H]21. The fourth-order valence-corrected chi connectivity index (χ4v) is 3.13. The maximum atomic E-state index is 12.3.